The van der Waals surface area contributed by atoms with E-state index >= 15 is 0 Å². The Labute approximate surface area is 115 Å². The van der Waals surface area contributed by atoms with Crippen molar-refractivity contribution < 1.29 is 9.53 Å². The number of carbonyl (C=O) groups is 1. The van der Waals surface area contributed by atoms with E-state index in [0.29, 0.717) is 6.61 Å². The van der Waals surface area contributed by atoms with Crippen molar-refractivity contribution in [3.8, 4) is 5.75 Å². The molecule has 106 valence electrons. The first-order valence-electron chi connectivity index (χ1n) is 6.91. The molecule has 1 amide bonds. The number of ether oxygens (including phenoxy) is 1. The molecule has 0 aliphatic carbocycles. The van der Waals surface area contributed by atoms with Crippen LogP contribution in [0.2, 0.25) is 0 Å². The fraction of sp³-hybridized carbons (Fsp3) is 0.533. The molecule has 0 saturated carbocycles. The van der Waals surface area contributed by atoms with E-state index in [4.69, 9.17) is 4.74 Å². The molecule has 0 aliphatic rings. The molecule has 0 fully saturated rings. The summed E-state index contributed by atoms with van der Waals surface area (Å²) in [5.74, 6) is 0.889. The minimum absolute atomic E-state index is 0.108. The van der Waals surface area contributed by atoms with Gasteiger partial charge in [0.2, 0.25) is 5.91 Å². The van der Waals surface area contributed by atoms with E-state index in [1.807, 2.05) is 56.9 Å². The van der Waals surface area contributed by atoms with Gasteiger partial charge in [0.15, 0.2) is 0 Å². The smallest absolute Gasteiger partial charge is 0.244 e. The van der Waals surface area contributed by atoms with Gasteiger partial charge in [-0.15, -0.1) is 0 Å². The van der Waals surface area contributed by atoms with E-state index in [0.717, 1.165) is 24.5 Å². The van der Waals surface area contributed by atoms with Gasteiger partial charge >= 0.3 is 0 Å². The lowest BCUT2D eigenvalue weighted by atomic mass is 10.2. The Bertz CT molecular complexity index is 403. The van der Waals surface area contributed by atoms with Gasteiger partial charge in [-0.2, -0.15) is 0 Å². The molecule has 1 unspecified atom stereocenters. The number of likely N-dealkylation sites (N-methyl/N-ethyl adjacent to an activating group) is 1. The molecular formula is C15H24N2O2. The maximum absolute atomic E-state index is 12.2. The van der Waals surface area contributed by atoms with Crippen LogP contribution in [0.1, 0.15) is 27.7 Å². The normalized spacial score (nSPS) is 11.8. The summed E-state index contributed by atoms with van der Waals surface area (Å²) in [6.07, 6.45) is 0. The van der Waals surface area contributed by atoms with E-state index in [9.17, 15) is 4.79 Å². The highest BCUT2D eigenvalue weighted by Crippen LogP contribution is 2.24. The van der Waals surface area contributed by atoms with Crippen molar-refractivity contribution in [2.45, 2.75) is 33.7 Å². The third-order valence-electron chi connectivity index (χ3n) is 3.00. The first-order chi connectivity index (χ1) is 9.13. The Kier molecular flexibility index (Phi) is 6.19. The average molecular weight is 264 g/mol. The van der Waals surface area contributed by atoms with Crippen molar-refractivity contribution in [2.24, 2.45) is 0 Å². The van der Waals surface area contributed by atoms with Gasteiger partial charge in [-0.3, -0.25) is 4.79 Å². The lowest BCUT2D eigenvalue weighted by Crippen LogP contribution is -2.41. The predicted octanol–water partition coefficient (Wildman–Crippen LogP) is 2.75. The maximum Gasteiger partial charge on any atom is 0.244 e. The number of nitrogens with zero attached hydrogens (tertiary/aromatic N) is 1. The number of hydrogen-bond acceptors (Lipinski definition) is 3. The number of carbonyl (C=O) groups excluding carboxylic acids is 1. The van der Waals surface area contributed by atoms with Crippen molar-refractivity contribution in [1.82, 2.24) is 4.90 Å². The SMILES string of the molecule is CCOc1ccccc1NC(C)C(=O)N(CC)CC. The van der Waals surface area contributed by atoms with Crippen molar-refractivity contribution in [3.63, 3.8) is 0 Å². The van der Waals surface area contributed by atoms with Gasteiger partial charge in [0.05, 0.1) is 12.3 Å². The number of hydrogen-bond donors (Lipinski definition) is 1. The number of benzene rings is 1. The minimum atomic E-state index is -0.262. The number of anilines is 1. The molecule has 1 N–H and O–H groups in total. The third kappa shape index (κ3) is 4.16. The molecule has 19 heavy (non-hydrogen) atoms. The van der Waals surface area contributed by atoms with Crippen LogP contribution >= 0.6 is 0 Å². The van der Waals surface area contributed by atoms with Crippen LogP contribution in [0.3, 0.4) is 0 Å². The highest BCUT2D eigenvalue weighted by atomic mass is 16.5. The monoisotopic (exact) mass is 264 g/mol. The summed E-state index contributed by atoms with van der Waals surface area (Å²) in [7, 11) is 0. The van der Waals surface area contributed by atoms with E-state index in [1.165, 1.54) is 0 Å². The Balaban J connectivity index is 2.76. The van der Waals surface area contributed by atoms with Crippen molar-refractivity contribution in [2.75, 3.05) is 25.0 Å². The highest BCUT2D eigenvalue weighted by Gasteiger charge is 2.18. The van der Waals surface area contributed by atoms with Crippen LogP contribution in [0.4, 0.5) is 5.69 Å². The number of nitrogens with one attached hydrogen (secondary N) is 1. The minimum Gasteiger partial charge on any atom is -0.492 e. The van der Waals surface area contributed by atoms with E-state index < -0.39 is 0 Å². The zero-order chi connectivity index (χ0) is 14.3. The van der Waals surface area contributed by atoms with Crippen LogP contribution in [0, 0.1) is 0 Å². The van der Waals surface area contributed by atoms with E-state index in [2.05, 4.69) is 5.32 Å². The maximum atomic E-state index is 12.2. The van der Waals surface area contributed by atoms with Crippen molar-refractivity contribution >= 4 is 11.6 Å². The highest BCUT2D eigenvalue weighted by molar-refractivity contribution is 5.84. The predicted molar refractivity (Wildman–Crippen MR) is 78.6 cm³/mol. The standard InChI is InChI=1S/C15H24N2O2/c1-5-17(6-2)15(18)12(4)16-13-10-8-9-11-14(13)19-7-3/h8-12,16H,5-7H2,1-4H3. The van der Waals surface area contributed by atoms with Gasteiger partial charge in [-0.25, -0.2) is 0 Å². The van der Waals surface area contributed by atoms with E-state index in [-0.39, 0.29) is 11.9 Å². The van der Waals surface area contributed by atoms with Crippen molar-refractivity contribution in [3.05, 3.63) is 24.3 Å². The van der Waals surface area contributed by atoms with Gasteiger partial charge in [-0.1, -0.05) is 12.1 Å². The summed E-state index contributed by atoms with van der Waals surface area (Å²) in [6.45, 7) is 9.87. The van der Waals surface area contributed by atoms with Crippen LogP contribution < -0.4 is 10.1 Å². The van der Waals surface area contributed by atoms with Crippen LogP contribution in [0.25, 0.3) is 0 Å². The Morgan fingerprint density at radius 3 is 2.47 bits per heavy atom. The van der Waals surface area contributed by atoms with Gasteiger partial charge in [0.25, 0.3) is 0 Å². The number of para-hydroxylation sites is 2. The van der Waals surface area contributed by atoms with E-state index in [1.54, 1.807) is 0 Å². The molecule has 0 aliphatic heterocycles. The Morgan fingerprint density at radius 1 is 1.26 bits per heavy atom. The zero-order valence-corrected chi connectivity index (χ0v) is 12.3. The molecular weight excluding hydrogens is 240 g/mol. The topological polar surface area (TPSA) is 41.6 Å². The molecule has 0 spiro atoms. The summed E-state index contributed by atoms with van der Waals surface area (Å²) < 4.78 is 5.54. The third-order valence-corrected chi connectivity index (χ3v) is 3.00. The summed E-state index contributed by atoms with van der Waals surface area (Å²) in [5, 5.41) is 3.23. The fourth-order valence-electron chi connectivity index (χ4n) is 1.97. The number of amides is 1. The molecule has 4 heteroatoms. The quantitative estimate of drug-likeness (QED) is 0.823. The Morgan fingerprint density at radius 2 is 1.89 bits per heavy atom. The molecule has 1 aromatic carbocycles. The van der Waals surface area contributed by atoms with Crippen LogP contribution in [-0.4, -0.2) is 36.5 Å². The summed E-state index contributed by atoms with van der Waals surface area (Å²) in [6, 6.07) is 7.42. The molecule has 0 heterocycles. The molecule has 4 nitrogen and oxygen atoms in total. The molecule has 0 bridgehead atoms. The van der Waals surface area contributed by atoms with Crippen LogP contribution in [0.5, 0.6) is 5.75 Å². The lowest BCUT2D eigenvalue weighted by Gasteiger charge is -2.24. The molecule has 1 rings (SSSR count). The molecule has 1 aromatic rings. The first kappa shape index (κ1) is 15.3. The average Bonchev–Trinajstić information content (AvgIpc) is 2.42. The summed E-state index contributed by atoms with van der Waals surface area (Å²) in [5.41, 5.74) is 0.859. The first-order valence-corrected chi connectivity index (χ1v) is 6.91. The summed E-state index contributed by atoms with van der Waals surface area (Å²) in [4.78, 5) is 14.0. The fourth-order valence-corrected chi connectivity index (χ4v) is 1.97. The Hall–Kier alpha value is -1.71. The molecule has 0 radical (unpaired) electrons. The van der Waals surface area contributed by atoms with Gasteiger partial charge in [0.1, 0.15) is 11.8 Å². The molecule has 0 aromatic heterocycles. The summed E-state index contributed by atoms with van der Waals surface area (Å²) >= 11 is 0. The second-order valence-electron chi connectivity index (χ2n) is 4.31. The van der Waals surface area contributed by atoms with Gasteiger partial charge in [-0.05, 0) is 39.8 Å². The second-order valence-corrected chi connectivity index (χ2v) is 4.31. The molecule has 1 atom stereocenters. The second kappa shape index (κ2) is 7.67. The van der Waals surface area contributed by atoms with Crippen molar-refractivity contribution in [1.29, 1.82) is 0 Å². The van der Waals surface area contributed by atoms with Gasteiger partial charge in [0, 0.05) is 13.1 Å². The zero-order valence-electron chi connectivity index (χ0n) is 12.3. The van der Waals surface area contributed by atoms with Crippen LogP contribution in [-0.2, 0) is 4.79 Å². The van der Waals surface area contributed by atoms with Gasteiger partial charge < -0.3 is 15.0 Å². The van der Waals surface area contributed by atoms with Crippen LogP contribution in [0.15, 0.2) is 24.3 Å². The molecule has 0 saturated heterocycles. The largest absolute Gasteiger partial charge is 0.492 e. The lowest BCUT2D eigenvalue weighted by molar-refractivity contribution is -0.131. The number of rotatable bonds is 7.